The summed E-state index contributed by atoms with van der Waals surface area (Å²) in [4.78, 5) is 16.9. The van der Waals surface area contributed by atoms with Crippen LogP contribution in [0.2, 0.25) is 0 Å². The summed E-state index contributed by atoms with van der Waals surface area (Å²) in [6.07, 6.45) is 4.64. The fraction of sp³-hybridized carbons (Fsp3) is 0.273. The van der Waals surface area contributed by atoms with Crippen LogP contribution in [0.4, 0.5) is 0 Å². The summed E-state index contributed by atoms with van der Waals surface area (Å²) in [5.41, 5.74) is 1.05. The Balaban J connectivity index is 2.73. The molecule has 18 heavy (non-hydrogen) atoms. The number of aryl methyl sites for hydroxylation is 1. The molecule has 0 radical (unpaired) electrons. The van der Waals surface area contributed by atoms with Crippen molar-refractivity contribution in [3.63, 3.8) is 0 Å². The molecule has 3 nitrogen and oxygen atoms in total. The third kappa shape index (κ3) is 2.81. The van der Waals surface area contributed by atoms with Gasteiger partial charge in [-0.15, -0.1) is 17.9 Å². The zero-order valence-corrected chi connectivity index (χ0v) is 14.3. The monoisotopic (exact) mass is 316 g/mol. The molecule has 0 saturated carbocycles. The number of aromatic nitrogens is 2. The standard InChI is InChI=1S/C11H16N2OP4/c1-2-6-13-7-4-8-3-5-12-10(18(16)17-15)9(8)11(13)14/h3-5,7,17H,2,6,15-16H2,1H3. The van der Waals surface area contributed by atoms with Gasteiger partial charge in [0, 0.05) is 18.9 Å². The second-order valence-corrected chi connectivity index (χ2v) is 13.0. The van der Waals surface area contributed by atoms with Crippen LogP contribution in [-0.4, -0.2) is 9.55 Å². The molecule has 0 amide bonds. The first-order valence-corrected chi connectivity index (χ1v) is 12.3. The molecular weight excluding hydrogens is 300 g/mol. The van der Waals surface area contributed by atoms with Crippen LogP contribution in [0.3, 0.4) is 0 Å². The van der Waals surface area contributed by atoms with Crippen molar-refractivity contribution in [3.05, 3.63) is 34.9 Å². The molecule has 2 heterocycles. The molecule has 2 aromatic rings. The van der Waals surface area contributed by atoms with Crippen molar-refractivity contribution in [2.24, 2.45) is 0 Å². The van der Waals surface area contributed by atoms with Crippen molar-refractivity contribution in [2.75, 3.05) is 0 Å². The first-order chi connectivity index (χ1) is 8.69. The number of fused-ring (bicyclic) bond motifs is 1. The Morgan fingerprint density at radius 3 is 2.94 bits per heavy atom. The minimum absolute atomic E-state index is 0.0932. The Hall–Kier alpha value is 0.0800. The van der Waals surface area contributed by atoms with Crippen molar-refractivity contribution in [2.45, 2.75) is 19.9 Å². The second-order valence-electron chi connectivity index (χ2n) is 3.91. The highest BCUT2D eigenvalue weighted by Crippen LogP contribution is 2.64. The maximum atomic E-state index is 12.5. The van der Waals surface area contributed by atoms with Gasteiger partial charge in [-0.05, 0) is 31.2 Å². The molecule has 0 aliphatic carbocycles. The zero-order chi connectivity index (χ0) is 13.1. The molecule has 7 heteroatoms. The second kappa shape index (κ2) is 6.49. The van der Waals surface area contributed by atoms with Gasteiger partial charge < -0.3 is 4.57 Å². The van der Waals surface area contributed by atoms with Crippen LogP contribution < -0.4 is 11.0 Å². The van der Waals surface area contributed by atoms with Crippen LogP contribution >= 0.6 is 33.1 Å². The highest BCUT2D eigenvalue weighted by atomic mass is 32.6. The number of hydrogen-bond acceptors (Lipinski definition) is 2. The van der Waals surface area contributed by atoms with E-state index in [0.717, 1.165) is 29.2 Å². The largest absolute Gasteiger partial charge is 0.315 e. The molecule has 0 saturated heterocycles. The summed E-state index contributed by atoms with van der Waals surface area (Å²) in [6.45, 7) is 2.84. The van der Waals surface area contributed by atoms with E-state index in [2.05, 4.69) is 29.8 Å². The Kier molecular flexibility index (Phi) is 5.23. The maximum Gasteiger partial charge on any atom is 0.260 e. The van der Waals surface area contributed by atoms with Gasteiger partial charge in [0.05, 0.1) is 10.8 Å². The summed E-state index contributed by atoms with van der Waals surface area (Å²) in [5.74, 6) is 0. The Morgan fingerprint density at radius 2 is 2.28 bits per heavy atom. The summed E-state index contributed by atoms with van der Waals surface area (Å²) in [6, 6.07) is 3.92. The minimum Gasteiger partial charge on any atom is -0.315 e. The quantitative estimate of drug-likeness (QED) is 0.813. The average Bonchev–Trinajstić information content (AvgIpc) is 2.40. The first kappa shape index (κ1) is 14.5. The third-order valence-corrected chi connectivity index (χ3v) is 12.5. The van der Waals surface area contributed by atoms with Gasteiger partial charge in [-0.3, -0.25) is 9.78 Å². The van der Waals surface area contributed by atoms with Gasteiger partial charge in [-0.1, -0.05) is 14.9 Å². The lowest BCUT2D eigenvalue weighted by Gasteiger charge is -2.12. The molecule has 2 rings (SSSR count). The minimum atomic E-state index is -0.428. The van der Waals surface area contributed by atoms with E-state index in [1.54, 1.807) is 10.8 Å². The lowest BCUT2D eigenvalue weighted by atomic mass is 10.2. The van der Waals surface area contributed by atoms with Crippen molar-refractivity contribution in [1.82, 2.24) is 9.55 Å². The molecule has 0 aliphatic rings. The van der Waals surface area contributed by atoms with E-state index in [1.807, 2.05) is 18.3 Å². The van der Waals surface area contributed by atoms with Crippen molar-refractivity contribution >= 4 is 49.3 Å². The molecular formula is C11H16N2OP4. The Labute approximate surface area is 114 Å². The molecule has 0 spiro atoms. The zero-order valence-electron chi connectivity index (χ0n) is 10.1. The van der Waals surface area contributed by atoms with Crippen molar-refractivity contribution < 1.29 is 0 Å². The number of nitrogens with zero attached hydrogens (tertiary/aromatic N) is 2. The first-order valence-electron chi connectivity index (χ1n) is 5.68. The number of pyridine rings is 2. The van der Waals surface area contributed by atoms with Crippen LogP contribution in [0.5, 0.6) is 0 Å². The van der Waals surface area contributed by atoms with Crippen LogP contribution in [-0.2, 0) is 6.54 Å². The molecule has 0 bridgehead atoms. The predicted octanol–water partition coefficient (Wildman–Crippen LogP) is 3.09. The fourth-order valence-electron chi connectivity index (χ4n) is 1.87. The summed E-state index contributed by atoms with van der Waals surface area (Å²) in [5, 5.41) is 1.79. The SMILES string of the molecule is CCCn1ccc2ccnc(P(P)PP)c2c1=O. The van der Waals surface area contributed by atoms with Crippen LogP contribution in [0.15, 0.2) is 29.3 Å². The predicted molar refractivity (Wildman–Crippen MR) is 90.6 cm³/mol. The molecule has 0 aromatic carbocycles. The van der Waals surface area contributed by atoms with Crippen LogP contribution in [0, 0.1) is 0 Å². The highest BCUT2D eigenvalue weighted by molar-refractivity contribution is 8.63. The molecule has 4 atom stereocenters. The Morgan fingerprint density at radius 1 is 1.50 bits per heavy atom. The molecule has 96 valence electrons. The number of rotatable bonds is 4. The lowest BCUT2D eigenvalue weighted by molar-refractivity contribution is 0.659. The van der Waals surface area contributed by atoms with E-state index in [1.165, 1.54) is 0 Å². The fourth-order valence-corrected chi connectivity index (χ4v) is 5.21. The van der Waals surface area contributed by atoms with E-state index >= 15 is 0 Å². The Bertz CT molecular complexity index is 614. The molecule has 2 aromatic heterocycles. The topological polar surface area (TPSA) is 34.9 Å². The molecule has 0 fully saturated rings. The van der Waals surface area contributed by atoms with Crippen LogP contribution in [0.1, 0.15) is 13.3 Å². The third-order valence-electron chi connectivity index (χ3n) is 2.70. The molecule has 0 N–H and O–H groups in total. The number of hydrogen-bond donors (Lipinski definition) is 0. The maximum absolute atomic E-state index is 12.5. The molecule has 4 unspecified atom stereocenters. The lowest BCUT2D eigenvalue weighted by Crippen LogP contribution is -2.24. The van der Waals surface area contributed by atoms with Gasteiger partial charge in [0.25, 0.3) is 5.56 Å². The van der Waals surface area contributed by atoms with Gasteiger partial charge in [-0.2, -0.15) is 0 Å². The van der Waals surface area contributed by atoms with Crippen molar-refractivity contribution in [3.8, 4) is 0 Å². The summed E-state index contributed by atoms with van der Waals surface area (Å²) in [7, 11) is 5.86. The smallest absolute Gasteiger partial charge is 0.260 e. The van der Waals surface area contributed by atoms with Gasteiger partial charge in [-0.25, -0.2) is 0 Å². The van der Waals surface area contributed by atoms with Gasteiger partial charge >= 0.3 is 0 Å². The normalized spacial score (nSPS) is 13.5. The van der Waals surface area contributed by atoms with Crippen molar-refractivity contribution in [1.29, 1.82) is 0 Å². The van der Waals surface area contributed by atoms with E-state index in [0.29, 0.717) is 7.96 Å². The van der Waals surface area contributed by atoms with Gasteiger partial charge in [0.15, 0.2) is 0 Å². The van der Waals surface area contributed by atoms with Gasteiger partial charge in [0.1, 0.15) is 0 Å². The van der Waals surface area contributed by atoms with E-state index < -0.39 is 7.30 Å². The van der Waals surface area contributed by atoms with Crippen LogP contribution in [0.25, 0.3) is 10.8 Å². The summed E-state index contributed by atoms with van der Waals surface area (Å²) < 4.78 is 1.78. The summed E-state index contributed by atoms with van der Waals surface area (Å²) >= 11 is 0. The highest BCUT2D eigenvalue weighted by Gasteiger charge is 2.13. The average molecular weight is 316 g/mol. The van der Waals surface area contributed by atoms with E-state index in [-0.39, 0.29) is 5.56 Å². The molecule has 0 aliphatic heterocycles. The van der Waals surface area contributed by atoms with E-state index in [4.69, 9.17) is 0 Å². The van der Waals surface area contributed by atoms with E-state index in [9.17, 15) is 4.79 Å². The van der Waals surface area contributed by atoms with Gasteiger partial charge in [0.2, 0.25) is 0 Å².